The predicted octanol–water partition coefficient (Wildman–Crippen LogP) is -0.372. The van der Waals surface area contributed by atoms with Crippen LogP contribution in [-0.2, 0) is 9.47 Å². The Morgan fingerprint density at radius 2 is 1.89 bits per heavy atom. The van der Waals surface area contributed by atoms with E-state index < -0.39 is 0 Å². The molecular formula is C11H17N3O4. The largest absolute Gasteiger partial charge is 0.489 e. The van der Waals surface area contributed by atoms with Gasteiger partial charge in [-0.25, -0.2) is 4.98 Å². The van der Waals surface area contributed by atoms with E-state index in [4.69, 9.17) is 14.2 Å². The third kappa shape index (κ3) is 2.19. The number of hydrogen-bond donors (Lipinski definition) is 1. The molecule has 1 aliphatic heterocycles. The normalized spacial score (nSPS) is 23.4. The number of rotatable bonds is 4. The third-order valence-electron chi connectivity index (χ3n) is 3.12. The van der Waals surface area contributed by atoms with Crippen LogP contribution < -0.4 is 15.2 Å². The maximum absolute atomic E-state index is 11.6. The topological polar surface area (TPSA) is 76.7 Å². The number of hydrogen-bond acceptors (Lipinski definition) is 6. The van der Waals surface area contributed by atoms with Gasteiger partial charge in [-0.1, -0.05) is 0 Å². The zero-order valence-electron chi connectivity index (χ0n) is 10.7. The van der Waals surface area contributed by atoms with Crippen LogP contribution in [0.1, 0.15) is 0 Å². The van der Waals surface area contributed by atoms with Crippen LogP contribution in [0.25, 0.3) is 0 Å². The molecule has 7 nitrogen and oxygen atoms in total. The van der Waals surface area contributed by atoms with Gasteiger partial charge in [-0.3, -0.25) is 4.79 Å². The molecule has 2 heterocycles. The number of nitrogens with zero attached hydrogens (tertiary/aromatic N) is 2. The molecule has 0 aliphatic carbocycles. The van der Waals surface area contributed by atoms with E-state index in [1.165, 1.54) is 13.4 Å². The van der Waals surface area contributed by atoms with E-state index in [9.17, 15) is 4.79 Å². The Hall–Kier alpha value is -1.60. The highest BCUT2D eigenvalue weighted by Crippen LogP contribution is 2.26. The average molecular weight is 255 g/mol. The number of methoxy groups -OCH3 is 3. The molecule has 1 aromatic heterocycles. The molecule has 2 rings (SSSR count). The van der Waals surface area contributed by atoms with E-state index in [-0.39, 0.29) is 23.5 Å². The van der Waals surface area contributed by atoms with Crippen LogP contribution in [0, 0.1) is 0 Å². The molecule has 1 aliphatic rings. The van der Waals surface area contributed by atoms with Gasteiger partial charge < -0.3 is 24.1 Å². The first-order valence-electron chi connectivity index (χ1n) is 5.63. The van der Waals surface area contributed by atoms with E-state index in [2.05, 4.69) is 9.97 Å². The van der Waals surface area contributed by atoms with Crippen LogP contribution in [0.2, 0.25) is 0 Å². The Kier molecular flexibility index (Phi) is 3.83. The first-order valence-corrected chi connectivity index (χ1v) is 5.63. The maximum atomic E-state index is 11.6. The smallest absolute Gasteiger partial charge is 0.295 e. The minimum Gasteiger partial charge on any atom is -0.489 e. The molecule has 0 spiro atoms. The lowest BCUT2D eigenvalue weighted by molar-refractivity contribution is -0.00461. The van der Waals surface area contributed by atoms with Crippen molar-refractivity contribution in [1.82, 2.24) is 9.97 Å². The number of anilines is 1. The van der Waals surface area contributed by atoms with Crippen LogP contribution in [-0.4, -0.2) is 56.6 Å². The molecule has 1 saturated heterocycles. The predicted molar refractivity (Wildman–Crippen MR) is 65.2 cm³/mol. The summed E-state index contributed by atoms with van der Waals surface area (Å²) in [6, 6.07) is 0. The molecule has 1 aromatic rings. The average Bonchev–Trinajstić information content (AvgIpc) is 2.81. The molecule has 2 atom stereocenters. The van der Waals surface area contributed by atoms with Crippen LogP contribution in [0.5, 0.6) is 5.75 Å². The summed E-state index contributed by atoms with van der Waals surface area (Å²) in [4.78, 5) is 20.2. The summed E-state index contributed by atoms with van der Waals surface area (Å²) < 4.78 is 15.8. The van der Waals surface area contributed by atoms with Gasteiger partial charge >= 0.3 is 0 Å². The second-order valence-electron chi connectivity index (χ2n) is 4.04. The SMILES string of the molecule is COc1c(N2CC(OC)C(OC)C2)nc[nH]c1=O. The number of nitrogens with one attached hydrogen (secondary N) is 1. The van der Waals surface area contributed by atoms with Crippen molar-refractivity contribution in [3.63, 3.8) is 0 Å². The second kappa shape index (κ2) is 5.36. The van der Waals surface area contributed by atoms with Gasteiger partial charge in [-0.15, -0.1) is 0 Å². The molecule has 0 saturated carbocycles. The Morgan fingerprint density at radius 1 is 1.28 bits per heavy atom. The molecule has 0 amide bonds. The number of aromatic amines is 1. The summed E-state index contributed by atoms with van der Waals surface area (Å²) in [6.45, 7) is 1.23. The van der Waals surface area contributed by atoms with Crippen molar-refractivity contribution in [3.05, 3.63) is 16.7 Å². The minimum atomic E-state index is -0.294. The molecule has 0 radical (unpaired) electrons. The summed E-state index contributed by atoms with van der Waals surface area (Å²) in [5, 5.41) is 0. The number of aromatic nitrogens is 2. The van der Waals surface area contributed by atoms with E-state index in [1.54, 1.807) is 14.2 Å². The van der Waals surface area contributed by atoms with Crippen molar-refractivity contribution in [2.45, 2.75) is 12.2 Å². The van der Waals surface area contributed by atoms with E-state index in [0.717, 1.165) is 0 Å². The van der Waals surface area contributed by atoms with Crippen molar-refractivity contribution in [2.24, 2.45) is 0 Å². The fraction of sp³-hybridized carbons (Fsp3) is 0.636. The fourth-order valence-corrected chi connectivity index (χ4v) is 2.16. The standard InChI is InChI=1S/C11H17N3O4/c1-16-7-4-14(5-8(7)17-2)10-9(18-3)11(15)13-6-12-10/h6-8H,4-5H2,1-3H3,(H,12,13,15). The van der Waals surface area contributed by atoms with E-state index >= 15 is 0 Å². The second-order valence-corrected chi connectivity index (χ2v) is 4.04. The maximum Gasteiger partial charge on any atom is 0.295 e. The van der Waals surface area contributed by atoms with Crippen molar-refractivity contribution < 1.29 is 14.2 Å². The van der Waals surface area contributed by atoms with Gasteiger partial charge in [0.15, 0.2) is 5.82 Å². The Balaban J connectivity index is 2.28. The summed E-state index contributed by atoms with van der Waals surface area (Å²) in [5.74, 6) is 0.729. The first kappa shape index (κ1) is 12.8. The number of H-pyrrole nitrogens is 1. The van der Waals surface area contributed by atoms with Crippen LogP contribution in [0.3, 0.4) is 0 Å². The van der Waals surface area contributed by atoms with Crippen LogP contribution in [0.15, 0.2) is 11.1 Å². The zero-order valence-corrected chi connectivity index (χ0v) is 10.7. The first-order chi connectivity index (χ1) is 8.71. The van der Waals surface area contributed by atoms with Crippen molar-refractivity contribution >= 4 is 5.82 Å². The zero-order chi connectivity index (χ0) is 13.1. The molecule has 7 heteroatoms. The van der Waals surface area contributed by atoms with Crippen molar-refractivity contribution in [2.75, 3.05) is 39.3 Å². The Labute approximate surface area is 105 Å². The van der Waals surface area contributed by atoms with Crippen LogP contribution >= 0.6 is 0 Å². The molecule has 1 fully saturated rings. The summed E-state index contributed by atoms with van der Waals surface area (Å²) >= 11 is 0. The highest BCUT2D eigenvalue weighted by atomic mass is 16.5. The summed E-state index contributed by atoms with van der Waals surface area (Å²) in [5.41, 5.74) is -0.294. The monoisotopic (exact) mass is 255 g/mol. The van der Waals surface area contributed by atoms with Crippen molar-refractivity contribution in [3.8, 4) is 5.75 Å². The third-order valence-corrected chi connectivity index (χ3v) is 3.12. The number of ether oxygens (including phenoxy) is 3. The molecule has 2 unspecified atom stereocenters. The summed E-state index contributed by atoms with van der Waals surface area (Å²) in [7, 11) is 4.73. The van der Waals surface area contributed by atoms with E-state index in [0.29, 0.717) is 18.9 Å². The van der Waals surface area contributed by atoms with Gasteiger partial charge in [0.2, 0.25) is 5.75 Å². The highest BCUT2D eigenvalue weighted by Gasteiger charge is 2.35. The lowest BCUT2D eigenvalue weighted by Gasteiger charge is -2.18. The fourth-order valence-electron chi connectivity index (χ4n) is 2.16. The summed E-state index contributed by atoms with van der Waals surface area (Å²) in [6.07, 6.45) is 1.28. The molecular weight excluding hydrogens is 238 g/mol. The van der Waals surface area contributed by atoms with Crippen LogP contribution in [0.4, 0.5) is 5.82 Å². The highest BCUT2D eigenvalue weighted by molar-refractivity contribution is 5.52. The Bertz CT molecular complexity index is 450. The molecule has 100 valence electrons. The molecule has 0 bridgehead atoms. The van der Waals surface area contributed by atoms with Gasteiger partial charge in [0.05, 0.1) is 13.4 Å². The van der Waals surface area contributed by atoms with Gasteiger partial charge in [0, 0.05) is 27.3 Å². The minimum absolute atomic E-state index is 0.0409. The molecule has 1 N–H and O–H groups in total. The van der Waals surface area contributed by atoms with Gasteiger partial charge in [-0.2, -0.15) is 0 Å². The Morgan fingerprint density at radius 3 is 2.39 bits per heavy atom. The molecule has 0 aromatic carbocycles. The van der Waals surface area contributed by atoms with Gasteiger partial charge in [-0.05, 0) is 0 Å². The lowest BCUT2D eigenvalue weighted by atomic mass is 10.3. The van der Waals surface area contributed by atoms with Crippen molar-refractivity contribution in [1.29, 1.82) is 0 Å². The van der Waals surface area contributed by atoms with Gasteiger partial charge in [0.1, 0.15) is 12.2 Å². The van der Waals surface area contributed by atoms with E-state index in [1.807, 2.05) is 4.90 Å². The molecule has 18 heavy (non-hydrogen) atoms. The quantitative estimate of drug-likeness (QED) is 0.791. The lowest BCUT2D eigenvalue weighted by Crippen LogP contribution is -2.27. The van der Waals surface area contributed by atoms with Gasteiger partial charge in [0.25, 0.3) is 5.56 Å².